The molecule has 0 aliphatic carbocycles. The Morgan fingerprint density at radius 3 is 2.10 bits per heavy atom. The summed E-state index contributed by atoms with van der Waals surface area (Å²) in [5, 5.41) is 7.01. The first-order valence-corrected chi connectivity index (χ1v) is 10.4. The molecule has 2 heterocycles. The molecule has 4 rings (SSSR count). The molecule has 2 N–H and O–H groups in total. The van der Waals surface area contributed by atoms with Crippen LogP contribution >= 0.6 is 0 Å². The molecule has 29 heavy (non-hydrogen) atoms. The van der Waals surface area contributed by atoms with Crippen LogP contribution in [0.2, 0.25) is 0 Å². The van der Waals surface area contributed by atoms with Crippen LogP contribution in [0.25, 0.3) is 11.1 Å². The van der Waals surface area contributed by atoms with Gasteiger partial charge in [0.15, 0.2) is 0 Å². The summed E-state index contributed by atoms with van der Waals surface area (Å²) in [5.41, 5.74) is 7.89. The summed E-state index contributed by atoms with van der Waals surface area (Å²) >= 11 is 0. The van der Waals surface area contributed by atoms with Crippen LogP contribution in [0.1, 0.15) is 59.1 Å². The lowest BCUT2D eigenvalue weighted by Gasteiger charge is -2.32. The van der Waals surface area contributed by atoms with Crippen LogP contribution in [0.3, 0.4) is 0 Å². The zero-order valence-electron chi connectivity index (χ0n) is 18.8. The van der Waals surface area contributed by atoms with E-state index >= 15 is 0 Å². The summed E-state index contributed by atoms with van der Waals surface area (Å²) in [6.45, 7) is 13.1. The zero-order valence-corrected chi connectivity index (χ0v) is 18.8. The van der Waals surface area contributed by atoms with Crippen molar-refractivity contribution in [1.82, 2.24) is 0 Å². The molecular formula is C26H34N2O. The Labute approximate surface area is 175 Å². The van der Waals surface area contributed by atoms with E-state index in [0.717, 1.165) is 12.2 Å². The van der Waals surface area contributed by atoms with Gasteiger partial charge >= 0.3 is 0 Å². The number of hydrogen-bond donors (Lipinski definition) is 2. The first kappa shape index (κ1) is 21.0. The van der Waals surface area contributed by atoms with Crippen LogP contribution in [0.15, 0.2) is 54.6 Å². The average Bonchev–Trinajstić information content (AvgIpc) is 2.66. The fourth-order valence-corrected chi connectivity index (χ4v) is 4.15. The smallest absolute Gasteiger partial charge is 0.119 e. The molecule has 0 unspecified atom stereocenters. The van der Waals surface area contributed by atoms with Gasteiger partial charge in [-0.1, -0.05) is 37.3 Å². The van der Waals surface area contributed by atoms with Gasteiger partial charge in [-0.05, 0) is 76.5 Å². The third-order valence-electron chi connectivity index (χ3n) is 5.33. The summed E-state index contributed by atoms with van der Waals surface area (Å²) in [7, 11) is 1.70. The molecule has 0 atom stereocenters. The van der Waals surface area contributed by atoms with E-state index in [4.69, 9.17) is 4.74 Å². The van der Waals surface area contributed by atoms with Crippen molar-refractivity contribution in [2.24, 2.45) is 0 Å². The van der Waals surface area contributed by atoms with E-state index in [1.54, 1.807) is 7.11 Å². The Hall–Kier alpha value is -2.68. The third kappa shape index (κ3) is 4.84. The van der Waals surface area contributed by atoms with Crippen LogP contribution in [-0.2, 0) is 0 Å². The van der Waals surface area contributed by atoms with Crippen molar-refractivity contribution in [3.63, 3.8) is 0 Å². The number of hydrogen-bond acceptors (Lipinski definition) is 3. The fraction of sp³-hybridized carbons (Fsp3) is 0.385. The number of fused-ring (bicyclic) bond motifs is 2. The molecule has 0 aromatic heterocycles. The second-order valence-electron chi connectivity index (χ2n) is 9.00. The predicted octanol–water partition coefficient (Wildman–Crippen LogP) is 6.99. The summed E-state index contributed by atoms with van der Waals surface area (Å²) in [5.74, 6) is 0.906. The van der Waals surface area contributed by atoms with Gasteiger partial charge in [-0.25, -0.2) is 0 Å². The van der Waals surface area contributed by atoms with Gasteiger partial charge in [-0.3, -0.25) is 0 Å². The lowest BCUT2D eigenvalue weighted by Crippen LogP contribution is -2.31. The second kappa shape index (κ2) is 7.98. The maximum Gasteiger partial charge on any atom is 0.119 e. The zero-order chi connectivity index (χ0) is 21.2. The molecule has 2 aliphatic heterocycles. The molecule has 2 aromatic rings. The van der Waals surface area contributed by atoms with Crippen molar-refractivity contribution in [3.05, 3.63) is 65.7 Å². The van der Waals surface area contributed by atoms with Gasteiger partial charge in [0.25, 0.3) is 0 Å². The highest BCUT2D eigenvalue weighted by Gasteiger charge is 2.23. The molecule has 0 spiro atoms. The molecule has 0 saturated carbocycles. The van der Waals surface area contributed by atoms with Gasteiger partial charge in [0, 0.05) is 22.5 Å². The van der Waals surface area contributed by atoms with E-state index in [2.05, 4.69) is 101 Å². The number of benzene rings is 2. The number of anilines is 2. The molecule has 0 bridgehead atoms. The second-order valence-corrected chi connectivity index (χ2v) is 9.00. The molecule has 2 aromatic carbocycles. The number of nitrogens with one attached hydrogen (secondary N) is 2. The maximum absolute atomic E-state index is 5.23. The minimum absolute atomic E-state index is 0.0334. The number of methoxy groups -OCH3 is 1. The standard InChI is InChI=1S/C13H17NO.C13H17N/c1-9-8-13(2,3)14-12-6-5-10(15-4)7-11(9)12;1-4-10-9-13(2,3)14-12-8-6-5-7-11(10)12/h5-8,14H,1-4H3;5-9,14H,4H2,1-3H3. The molecule has 0 amide bonds. The minimum atomic E-state index is 0.0334. The Morgan fingerprint density at radius 2 is 1.45 bits per heavy atom. The molecule has 0 saturated heterocycles. The molecule has 0 fully saturated rings. The lowest BCUT2D eigenvalue weighted by atomic mass is 9.89. The van der Waals surface area contributed by atoms with Crippen molar-refractivity contribution in [2.75, 3.05) is 17.7 Å². The highest BCUT2D eigenvalue weighted by Crippen LogP contribution is 2.36. The van der Waals surface area contributed by atoms with Crippen molar-refractivity contribution in [3.8, 4) is 5.75 Å². The lowest BCUT2D eigenvalue weighted by molar-refractivity contribution is 0.414. The van der Waals surface area contributed by atoms with Gasteiger partial charge in [0.05, 0.1) is 18.2 Å². The van der Waals surface area contributed by atoms with E-state index in [9.17, 15) is 0 Å². The van der Waals surface area contributed by atoms with Gasteiger partial charge in [-0.15, -0.1) is 0 Å². The van der Waals surface area contributed by atoms with E-state index in [-0.39, 0.29) is 11.1 Å². The average molecular weight is 391 g/mol. The van der Waals surface area contributed by atoms with Gasteiger partial charge < -0.3 is 15.4 Å². The molecular weight excluding hydrogens is 356 g/mol. The Balaban J connectivity index is 0.000000166. The Kier molecular flexibility index (Phi) is 5.79. The van der Waals surface area contributed by atoms with Crippen LogP contribution in [-0.4, -0.2) is 18.2 Å². The Morgan fingerprint density at radius 1 is 0.828 bits per heavy atom. The van der Waals surface area contributed by atoms with E-state index in [1.165, 1.54) is 33.6 Å². The number of ether oxygens (including phenoxy) is 1. The third-order valence-corrected chi connectivity index (χ3v) is 5.33. The molecule has 0 radical (unpaired) electrons. The molecule has 3 nitrogen and oxygen atoms in total. The number of rotatable bonds is 2. The summed E-state index contributed by atoms with van der Waals surface area (Å²) < 4.78 is 5.23. The highest BCUT2D eigenvalue weighted by atomic mass is 16.5. The van der Waals surface area contributed by atoms with Crippen LogP contribution in [0.5, 0.6) is 5.75 Å². The molecule has 3 heteroatoms. The van der Waals surface area contributed by atoms with Crippen LogP contribution in [0.4, 0.5) is 11.4 Å². The molecule has 2 aliphatic rings. The largest absolute Gasteiger partial charge is 0.497 e. The first-order chi connectivity index (χ1) is 13.6. The Bertz CT molecular complexity index is 951. The van der Waals surface area contributed by atoms with Crippen molar-refractivity contribution in [1.29, 1.82) is 0 Å². The summed E-state index contributed by atoms with van der Waals surface area (Å²) in [4.78, 5) is 0. The van der Waals surface area contributed by atoms with Gasteiger partial charge in [0.1, 0.15) is 5.75 Å². The normalized spacial score (nSPS) is 17.8. The summed E-state index contributed by atoms with van der Waals surface area (Å²) in [6, 6.07) is 14.7. The number of para-hydroxylation sites is 1. The number of allylic oxidation sites excluding steroid dienone is 2. The SMILES string of the molecule is CCC1=CC(C)(C)Nc2ccccc21.COc1ccc2c(c1)C(C)=CC(C)(C)N2. The minimum Gasteiger partial charge on any atom is -0.497 e. The molecule has 154 valence electrons. The van der Waals surface area contributed by atoms with Crippen molar-refractivity contribution < 1.29 is 4.74 Å². The maximum atomic E-state index is 5.23. The van der Waals surface area contributed by atoms with E-state index in [1.807, 2.05) is 6.07 Å². The quantitative estimate of drug-likeness (QED) is 0.580. The van der Waals surface area contributed by atoms with Crippen LogP contribution < -0.4 is 15.4 Å². The van der Waals surface area contributed by atoms with E-state index in [0.29, 0.717) is 0 Å². The van der Waals surface area contributed by atoms with Gasteiger partial charge in [-0.2, -0.15) is 0 Å². The monoisotopic (exact) mass is 390 g/mol. The first-order valence-electron chi connectivity index (χ1n) is 10.4. The van der Waals surface area contributed by atoms with Crippen molar-refractivity contribution in [2.45, 2.75) is 59.0 Å². The van der Waals surface area contributed by atoms with Crippen LogP contribution in [0, 0.1) is 0 Å². The van der Waals surface area contributed by atoms with E-state index < -0.39 is 0 Å². The fourth-order valence-electron chi connectivity index (χ4n) is 4.15. The topological polar surface area (TPSA) is 33.3 Å². The summed E-state index contributed by atoms with van der Waals surface area (Å²) in [6.07, 6.45) is 5.67. The predicted molar refractivity (Wildman–Crippen MR) is 127 cm³/mol. The van der Waals surface area contributed by atoms with Gasteiger partial charge in [0.2, 0.25) is 0 Å². The van der Waals surface area contributed by atoms with Crippen molar-refractivity contribution >= 4 is 22.5 Å². The highest BCUT2D eigenvalue weighted by molar-refractivity contribution is 5.81.